The maximum Gasteiger partial charge on any atom is 0.261 e. The van der Waals surface area contributed by atoms with Gasteiger partial charge >= 0.3 is 0 Å². The van der Waals surface area contributed by atoms with E-state index < -0.39 is 10.0 Å². The van der Waals surface area contributed by atoms with Crippen LogP contribution >= 0.6 is 11.6 Å². The van der Waals surface area contributed by atoms with Crippen molar-refractivity contribution in [3.05, 3.63) is 95.0 Å². The molecule has 1 unspecified atom stereocenters. The Kier molecular flexibility index (Phi) is 6.02. The Morgan fingerprint density at radius 3 is 2.32 bits per heavy atom. The van der Waals surface area contributed by atoms with Crippen LogP contribution in [0.25, 0.3) is 0 Å². The number of benzene rings is 3. The van der Waals surface area contributed by atoms with Gasteiger partial charge in [0.05, 0.1) is 21.6 Å². The monoisotopic (exact) mass is 414 g/mol. The summed E-state index contributed by atoms with van der Waals surface area (Å²) in [5.41, 5.74) is 1.49. The molecule has 5 nitrogen and oxygen atoms in total. The van der Waals surface area contributed by atoms with Crippen LogP contribution in [-0.2, 0) is 10.0 Å². The molecule has 3 rings (SSSR count). The van der Waals surface area contributed by atoms with Gasteiger partial charge in [0.15, 0.2) is 0 Å². The van der Waals surface area contributed by atoms with Crippen molar-refractivity contribution in [3.63, 3.8) is 0 Å². The minimum absolute atomic E-state index is 0.0209. The van der Waals surface area contributed by atoms with Crippen molar-refractivity contribution in [2.45, 2.75) is 17.9 Å². The smallest absolute Gasteiger partial charge is 0.261 e. The lowest BCUT2D eigenvalue weighted by atomic mass is 10.1. The van der Waals surface area contributed by atoms with Crippen LogP contribution in [0, 0.1) is 0 Å². The molecule has 0 aliphatic heterocycles. The minimum atomic E-state index is -3.89. The van der Waals surface area contributed by atoms with E-state index in [1.54, 1.807) is 30.3 Å². The van der Waals surface area contributed by atoms with Crippen molar-refractivity contribution in [1.29, 1.82) is 0 Å². The van der Waals surface area contributed by atoms with E-state index in [0.29, 0.717) is 0 Å². The molecule has 0 aliphatic rings. The third kappa shape index (κ3) is 4.71. The number of halogens is 1. The molecule has 0 saturated heterocycles. The summed E-state index contributed by atoms with van der Waals surface area (Å²) in [5, 5.41) is 3.16. The predicted octanol–water partition coefficient (Wildman–Crippen LogP) is 4.63. The molecule has 0 saturated carbocycles. The van der Waals surface area contributed by atoms with Crippen LogP contribution in [0.3, 0.4) is 0 Å². The summed E-state index contributed by atoms with van der Waals surface area (Å²) in [6.07, 6.45) is 0. The maximum absolute atomic E-state index is 12.7. The summed E-state index contributed by atoms with van der Waals surface area (Å²) in [6, 6.07) is 21.7. The first-order valence-electron chi connectivity index (χ1n) is 8.60. The lowest BCUT2D eigenvalue weighted by molar-refractivity contribution is 0.0939. The van der Waals surface area contributed by atoms with Crippen LogP contribution in [0.5, 0.6) is 0 Å². The van der Waals surface area contributed by atoms with E-state index in [0.717, 1.165) is 5.56 Å². The molecule has 0 heterocycles. The quantitative estimate of drug-likeness (QED) is 0.617. The summed E-state index contributed by atoms with van der Waals surface area (Å²) in [6.45, 7) is 1.87. The molecule has 7 heteroatoms. The fourth-order valence-electron chi connectivity index (χ4n) is 2.66. The summed E-state index contributed by atoms with van der Waals surface area (Å²) in [4.78, 5) is 12.6. The van der Waals surface area contributed by atoms with Gasteiger partial charge in [0.2, 0.25) is 0 Å². The molecule has 0 spiro atoms. The lowest BCUT2D eigenvalue weighted by Gasteiger charge is -2.15. The molecular weight excluding hydrogens is 396 g/mol. The number of carbonyl (C=O) groups is 1. The number of hydrogen-bond donors (Lipinski definition) is 2. The molecule has 2 N–H and O–H groups in total. The fourth-order valence-corrected chi connectivity index (χ4v) is 4.02. The van der Waals surface area contributed by atoms with Gasteiger partial charge in [-0.1, -0.05) is 60.1 Å². The van der Waals surface area contributed by atoms with Gasteiger partial charge in [-0.2, -0.15) is 0 Å². The standard InChI is InChI=1S/C21H19ClN2O3S/c1-15(16-8-3-2-4-9-16)23-21(25)17-10-7-11-18(14-17)28(26,27)24-20-13-6-5-12-19(20)22/h2-15,24H,1H3,(H,23,25). The third-order valence-corrected chi connectivity index (χ3v) is 5.86. The third-order valence-electron chi connectivity index (χ3n) is 4.17. The zero-order valence-corrected chi connectivity index (χ0v) is 16.7. The van der Waals surface area contributed by atoms with E-state index in [-0.39, 0.29) is 33.1 Å². The van der Waals surface area contributed by atoms with E-state index in [2.05, 4.69) is 10.0 Å². The van der Waals surface area contributed by atoms with E-state index in [9.17, 15) is 13.2 Å². The number of hydrogen-bond acceptors (Lipinski definition) is 3. The Morgan fingerprint density at radius 2 is 1.61 bits per heavy atom. The van der Waals surface area contributed by atoms with Crippen LogP contribution in [0.1, 0.15) is 28.9 Å². The van der Waals surface area contributed by atoms with Crippen molar-refractivity contribution in [2.24, 2.45) is 0 Å². The fraction of sp³-hybridized carbons (Fsp3) is 0.0952. The van der Waals surface area contributed by atoms with Gasteiger partial charge in [-0.15, -0.1) is 0 Å². The molecule has 0 radical (unpaired) electrons. The normalized spacial score (nSPS) is 12.2. The van der Waals surface area contributed by atoms with E-state index in [4.69, 9.17) is 11.6 Å². The highest BCUT2D eigenvalue weighted by atomic mass is 35.5. The summed E-state index contributed by atoms with van der Waals surface area (Å²) in [7, 11) is -3.89. The second kappa shape index (κ2) is 8.46. The number of para-hydroxylation sites is 1. The zero-order valence-electron chi connectivity index (χ0n) is 15.1. The van der Waals surface area contributed by atoms with Crippen LogP contribution < -0.4 is 10.0 Å². The topological polar surface area (TPSA) is 75.3 Å². The van der Waals surface area contributed by atoms with E-state index >= 15 is 0 Å². The Bertz CT molecular complexity index is 1090. The Hall–Kier alpha value is -2.83. The Morgan fingerprint density at radius 1 is 0.929 bits per heavy atom. The molecule has 1 amide bonds. The second-order valence-electron chi connectivity index (χ2n) is 6.22. The van der Waals surface area contributed by atoms with Crippen molar-refractivity contribution in [1.82, 2.24) is 5.32 Å². The van der Waals surface area contributed by atoms with Crippen molar-refractivity contribution < 1.29 is 13.2 Å². The first kappa shape index (κ1) is 19.9. The number of carbonyl (C=O) groups excluding carboxylic acids is 1. The van der Waals surface area contributed by atoms with Crippen molar-refractivity contribution in [3.8, 4) is 0 Å². The lowest BCUT2D eigenvalue weighted by Crippen LogP contribution is -2.27. The van der Waals surface area contributed by atoms with E-state index in [1.807, 2.05) is 37.3 Å². The number of rotatable bonds is 6. The van der Waals surface area contributed by atoms with Crippen molar-refractivity contribution in [2.75, 3.05) is 4.72 Å². The predicted molar refractivity (Wildman–Crippen MR) is 111 cm³/mol. The molecule has 0 fully saturated rings. The zero-order chi connectivity index (χ0) is 20.1. The molecule has 144 valence electrons. The Balaban J connectivity index is 1.79. The average Bonchev–Trinajstić information content (AvgIpc) is 2.70. The number of amides is 1. The highest BCUT2D eigenvalue weighted by Gasteiger charge is 2.18. The molecule has 0 aromatic heterocycles. The van der Waals surface area contributed by atoms with E-state index in [1.165, 1.54) is 18.2 Å². The summed E-state index contributed by atoms with van der Waals surface area (Å²) in [5.74, 6) is -0.355. The SMILES string of the molecule is CC(NC(=O)c1cccc(S(=O)(=O)Nc2ccccc2Cl)c1)c1ccccc1. The van der Waals surface area contributed by atoms with Gasteiger partial charge < -0.3 is 5.32 Å². The maximum atomic E-state index is 12.7. The van der Waals surface area contributed by atoms with Gasteiger partial charge in [-0.3, -0.25) is 9.52 Å². The summed E-state index contributed by atoms with van der Waals surface area (Å²) < 4.78 is 27.8. The molecule has 0 bridgehead atoms. The molecule has 3 aromatic rings. The number of nitrogens with one attached hydrogen (secondary N) is 2. The first-order chi connectivity index (χ1) is 13.4. The Labute approximate surface area is 169 Å². The van der Waals surface area contributed by atoms with Crippen LogP contribution in [-0.4, -0.2) is 14.3 Å². The molecule has 28 heavy (non-hydrogen) atoms. The second-order valence-corrected chi connectivity index (χ2v) is 8.31. The molecule has 3 aromatic carbocycles. The van der Waals surface area contributed by atoms with Crippen LogP contribution in [0.4, 0.5) is 5.69 Å². The van der Waals surface area contributed by atoms with Crippen molar-refractivity contribution >= 4 is 33.2 Å². The molecular formula is C21H19ClN2O3S. The van der Waals surface area contributed by atoms with Gasteiger partial charge in [0, 0.05) is 5.56 Å². The van der Waals surface area contributed by atoms with Crippen LogP contribution in [0.15, 0.2) is 83.8 Å². The molecule has 0 aliphatic carbocycles. The van der Waals surface area contributed by atoms with Crippen LogP contribution in [0.2, 0.25) is 5.02 Å². The first-order valence-corrected chi connectivity index (χ1v) is 10.5. The van der Waals surface area contributed by atoms with Gasteiger partial charge in [0.1, 0.15) is 0 Å². The van der Waals surface area contributed by atoms with Gasteiger partial charge in [0.25, 0.3) is 15.9 Å². The van der Waals surface area contributed by atoms with Gasteiger partial charge in [-0.05, 0) is 42.8 Å². The molecule has 1 atom stereocenters. The highest BCUT2D eigenvalue weighted by Crippen LogP contribution is 2.24. The summed E-state index contributed by atoms with van der Waals surface area (Å²) >= 11 is 6.02. The largest absolute Gasteiger partial charge is 0.346 e. The average molecular weight is 415 g/mol. The number of anilines is 1. The van der Waals surface area contributed by atoms with Gasteiger partial charge in [-0.25, -0.2) is 8.42 Å². The minimum Gasteiger partial charge on any atom is -0.346 e. The number of sulfonamides is 1. The highest BCUT2D eigenvalue weighted by molar-refractivity contribution is 7.92.